The van der Waals surface area contributed by atoms with Gasteiger partial charge in [-0.15, -0.1) is 0 Å². The van der Waals surface area contributed by atoms with Crippen LogP contribution in [0.2, 0.25) is 0 Å². The lowest BCUT2D eigenvalue weighted by atomic mass is 10.2. The van der Waals surface area contributed by atoms with Gasteiger partial charge in [0.05, 0.1) is 12.5 Å². The highest BCUT2D eigenvalue weighted by Gasteiger charge is 2.17. The fourth-order valence-electron chi connectivity index (χ4n) is 1.04. The van der Waals surface area contributed by atoms with E-state index in [1.807, 2.05) is 0 Å². The average Bonchev–Trinajstić information content (AvgIpc) is 2.07. The summed E-state index contributed by atoms with van der Waals surface area (Å²) in [7, 11) is -7.57. The lowest BCUT2D eigenvalue weighted by Gasteiger charge is -2.11. The molecule has 0 unspecified atom stereocenters. The highest BCUT2D eigenvalue weighted by molar-refractivity contribution is 7.86. The molecule has 17 heavy (non-hydrogen) atoms. The highest BCUT2D eigenvalue weighted by atomic mass is 32.2. The molecule has 6 nitrogen and oxygen atoms in total. The van der Waals surface area contributed by atoms with Crippen molar-refractivity contribution in [2.45, 2.75) is 0 Å². The summed E-state index contributed by atoms with van der Waals surface area (Å²) in [4.78, 5) is 0. The first-order valence-electron chi connectivity index (χ1n) is 4.32. The third kappa shape index (κ3) is 4.61. The zero-order valence-corrected chi connectivity index (χ0v) is 10.8. The SMILES string of the molecule is [CH2]c1cccc(OS(C)(=O)=O)c1OS(C)(=O)=O. The van der Waals surface area contributed by atoms with E-state index in [0.717, 1.165) is 12.5 Å². The second-order valence-electron chi connectivity index (χ2n) is 3.32. The van der Waals surface area contributed by atoms with Crippen LogP contribution in [0.5, 0.6) is 11.5 Å². The number of benzene rings is 1. The molecule has 1 radical (unpaired) electrons. The minimum atomic E-state index is -3.79. The lowest BCUT2D eigenvalue weighted by Crippen LogP contribution is -2.11. The molecule has 1 aromatic rings. The Bertz CT molecular complexity index is 615. The molecule has 0 atom stereocenters. The van der Waals surface area contributed by atoms with Crippen LogP contribution in [-0.2, 0) is 20.2 Å². The quantitative estimate of drug-likeness (QED) is 0.748. The second kappa shape index (κ2) is 4.53. The van der Waals surface area contributed by atoms with E-state index in [2.05, 4.69) is 15.3 Å². The van der Waals surface area contributed by atoms with Crippen molar-refractivity contribution in [2.24, 2.45) is 0 Å². The Labute approximate surface area is 100 Å². The van der Waals surface area contributed by atoms with Crippen molar-refractivity contribution in [3.8, 4) is 11.5 Å². The fourth-order valence-corrected chi connectivity index (χ4v) is 1.99. The van der Waals surface area contributed by atoms with Gasteiger partial charge in [0.15, 0.2) is 11.5 Å². The highest BCUT2D eigenvalue weighted by Crippen LogP contribution is 2.32. The number of hydrogen-bond acceptors (Lipinski definition) is 6. The fraction of sp³-hybridized carbons (Fsp3) is 0.222. The molecule has 0 aliphatic carbocycles. The predicted molar refractivity (Wildman–Crippen MR) is 61.8 cm³/mol. The largest absolute Gasteiger partial charge is 0.379 e. The molecule has 1 aromatic carbocycles. The van der Waals surface area contributed by atoms with Crippen molar-refractivity contribution in [1.29, 1.82) is 0 Å². The van der Waals surface area contributed by atoms with Crippen LogP contribution < -0.4 is 8.37 Å². The maximum atomic E-state index is 11.0. The Morgan fingerprint density at radius 1 is 1.00 bits per heavy atom. The summed E-state index contributed by atoms with van der Waals surface area (Å²) >= 11 is 0. The van der Waals surface area contributed by atoms with Crippen molar-refractivity contribution in [3.05, 3.63) is 30.7 Å². The Morgan fingerprint density at radius 2 is 1.53 bits per heavy atom. The van der Waals surface area contributed by atoms with Gasteiger partial charge in [-0.2, -0.15) is 16.8 Å². The summed E-state index contributed by atoms with van der Waals surface area (Å²) in [5.74, 6) is -0.453. The van der Waals surface area contributed by atoms with Crippen molar-refractivity contribution in [2.75, 3.05) is 12.5 Å². The third-order valence-electron chi connectivity index (χ3n) is 1.54. The molecule has 0 aliphatic heterocycles. The zero-order chi connectivity index (χ0) is 13.3. The van der Waals surface area contributed by atoms with E-state index >= 15 is 0 Å². The van der Waals surface area contributed by atoms with Crippen LogP contribution in [0, 0.1) is 6.92 Å². The normalized spacial score (nSPS) is 12.2. The predicted octanol–water partition coefficient (Wildman–Crippen LogP) is 0.546. The Morgan fingerprint density at radius 3 is 2.00 bits per heavy atom. The number of rotatable bonds is 4. The van der Waals surface area contributed by atoms with Crippen LogP contribution in [0.15, 0.2) is 18.2 Å². The molecule has 0 saturated carbocycles. The van der Waals surface area contributed by atoms with Crippen molar-refractivity contribution < 1.29 is 25.2 Å². The smallest absolute Gasteiger partial charge is 0.306 e. The molecule has 0 spiro atoms. The summed E-state index contributed by atoms with van der Waals surface area (Å²) in [5.41, 5.74) is 0.205. The van der Waals surface area contributed by atoms with E-state index in [-0.39, 0.29) is 17.1 Å². The van der Waals surface area contributed by atoms with Crippen molar-refractivity contribution in [1.82, 2.24) is 0 Å². The third-order valence-corrected chi connectivity index (χ3v) is 2.49. The molecule has 0 bridgehead atoms. The first kappa shape index (κ1) is 13.8. The van der Waals surface area contributed by atoms with Gasteiger partial charge in [0.25, 0.3) is 0 Å². The molecule has 0 N–H and O–H groups in total. The molecular formula is C9H11O6S2. The first-order chi connectivity index (χ1) is 7.58. The molecule has 0 aromatic heterocycles. The molecule has 0 amide bonds. The summed E-state index contributed by atoms with van der Waals surface area (Å²) in [5, 5.41) is 0. The van der Waals surface area contributed by atoms with E-state index in [1.165, 1.54) is 18.2 Å². The van der Waals surface area contributed by atoms with Crippen molar-refractivity contribution >= 4 is 20.2 Å². The van der Waals surface area contributed by atoms with E-state index in [9.17, 15) is 16.8 Å². The lowest BCUT2D eigenvalue weighted by molar-refractivity contribution is 0.454. The van der Waals surface area contributed by atoms with E-state index in [4.69, 9.17) is 0 Å². The summed E-state index contributed by atoms with van der Waals surface area (Å²) in [6.45, 7) is 3.53. The number of para-hydroxylation sites is 1. The molecule has 0 saturated heterocycles. The molecule has 0 heterocycles. The van der Waals surface area contributed by atoms with Gasteiger partial charge in [-0.05, 0) is 13.0 Å². The Hall–Kier alpha value is -1.28. The van der Waals surface area contributed by atoms with E-state index in [0.29, 0.717) is 0 Å². The molecular weight excluding hydrogens is 268 g/mol. The van der Waals surface area contributed by atoms with Crippen LogP contribution in [0.3, 0.4) is 0 Å². The Balaban J connectivity index is 3.27. The zero-order valence-electron chi connectivity index (χ0n) is 9.21. The molecule has 95 valence electrons. The van der Waals surface area contributed by atoms with Crippen LogP contribution in [-0.4, -0.2) is 29.3 Å². The molecule has 8 heteroatoms. The average molecular weight is 279 g/mol. The van der Waals surface area contributed by atoms with Gasteiger partial charge in [-0.1, -0.05) is 12.1 Å². The first-order valence-corrected chi connectivity index (χ1v) is 7.96. The van der Waals surface area contributed by atoms with Crippen molar-refractivity contribution in [3.63, 3.8) is 0 Å². The molecule has 0 aliphatic rings. The van der Waals surface area contributed by atoms with Gasteiger partial charge in [-0.25, -0.2) is 0 Å². The number of hydrogen-bond donors (Lipinski definition) is 0. The molecule has 0 fully saturated rings. The van der Waals surface area contributed by atoms with Crippen LogP contribution in [0.1, 0.15) is 5.56 Å². The van der Waals surface area contributed by atoms with E-state index < -0.39 is 20.2 Å². The maximum Gasteiger partial charge on any atom is 0.306 e. The minimum absolute atomic E-state index is 0.205. The minimum Gasteiger partial charge on any atom is -0.379 e. The Kier molecular flexibility index (Phi) is 3.68. The van der Waals surface area contributed by atoms with Gasteiger partial charge in [0.2, 0.25) is 0 Å². The van der Waals surface area contributed by atoms with E-state index in [1.54, 1.807) is 0 Å². The summed E-state index contributed by atoms with van der Waals surface area (Å²) in [6.07, 6.45) is 1.68. The van der Waals surface area contributed by atoms with Gasteiger partial charge in [0, 0.05) is 5.56 Å². The summed E-state index contributed by atoms with van der Waals surface area (Å²) in [6, 6.07) is 4.21. The standard InChI is InChI=1S/C9H11O6S2/c1-7-5-4-6-8(14-16(2,10)11)9(7)15-17(3,12)13/h4-6H,1H2,2-3H3. The van der Waals surface area contributed by atoms with Crippen LogP contribution >= 0.6 is 0 Å². The van der Waals surface area contributed by atoms with Gasteiger partial charge in [-0.3, -0.25) is 0 Å². The van der Waals surface area contributed by atoms with Crippen LogP contribution in [0.25, 0.3) is 0 Å². The summed E-state index contributed by atoms with van der Waals surface area (Å²) < 4.78 is 53.2. The second-order valence-corrected chi connectivity index (χ2v) is 6.47. The van der Waals surface area contributed by atoms with Gasteiger partial charge >= 0.3 is 20.2 Å². The topological polar surface area (TPSA) is 86.7 Å². The van der Waals surface area contributed by atoms with Gasteiger partial charge < -0.3 is 8.37 Å². The van der Waals surface area contributed by atoms with Gasteiger partial charge in [0.1, 0.15) is 0 Å². The molecule has 1 rings (SSSR count). The monoisotopic (exact) mass is 279 g/mol. The van der Waals surface area contributed by atoms with Crippen LogP contribution in [0.4, 0.5) is 0 Å². The maximum absolute atomic E-state index is 11.0.